The Morgan fingerprint density at radius 2 is 2.18 bits per heavy atom. The van der Waals surface area contributed by atoms with Crippen molar-refractivity contribution in [1.82, 2.24) is 14.6 Å². The van der Waals surface area contributed by atoms with Crippen LogP contribution in [-0.2, 0) is 0 Å². The molecule has 0 amide bonds. The summed E-state index contributed by atoms with van der Waals surface area (Å²) in [6, 6.07) is 0.0417. The van der Waals surface area contributed by atoms with Crippen LogP contribution < -0.4 is 5.32 Å². The van der Waals surface area contributed by atoms with Crippen LogP contribution in [0.25, 0.3) is 5.52 Å². The summed E-state index contributed by atoms with van der Waals surface area (Å²) in [5, 5.41) is 6.11. The fraction of sp³-hybridized carbons (Fsp3) is 0.333. The van der Waals surface area contributed by atoms with Crippen molar-refractivity contribution in [3.8, 4) is 0 Å². The second kappa shape index (κ2) is 4.17. The van der Waals surface area contributed by atoms with Gasteiger partial charge in [0.2, 0.25) is 5.95 Å². The van der Waals surface area contributed by atoms with E-state index in [0.717, 1.165) is 11.4 Å². The molecule has 92 valence electrons. The van der Waals surface area contributed by atoms with Crippen LogP contribution in [0.15, 0.2) is 22.9 Å². The van der Waals surface area contributed by atoms with Crippen LogP contribution in [0.2, 0.25) is 0 Å². The van der Waals surface area contributed by atoms with Gasteiger partial charge in [-0.05, 0) is 28.9 Å². The summed E-state index contributed by atoms with van der Waals surface area (Å²) >= 11 is 3.27. The summed E-state index contributed by atoms with van der Waals surface area (Å²) in [7, 11) is 0. The molecule has 0 unspecified atom stereocenters. The number of rotatable bonds is 2. The smallest absolute Gasteiger partial charge is 0.341 e. The average molecular weight is 309 g/mol. The van der Waals surface area contributed by atoms with Gasteiger partial charge in [0.1, 0.15) is 6.04 Å². The molecule has 0 saturated heterocycles. The van der Waals surface area contributed by atoms with Gasteiger partial charge < -0.3 is 5.32 Å². The normalized spacial score (nSPS) is 13.9. The highest BCUT2D eigenvalue weighted by molar-refractivity contribution is 9.10. The fourth-order valence-corrected chi connectivity index (χ4v) is 1.61. The van der Waals surface area contributed by atoms with Crippen molar-refractivity contribution >= 4 is 27.4 Å². The minimum Gasteiger partial charge on any atom is -0.341 e. The molecule has 0 spiro atoms. The molecule has 0 aromatic carbocycles. The van der Waals surface area contributed by atoms with E-state index in [-0.39, 0.29) is 5.95 Å². The monoisotopic (exact) mass is 308 g/mol. The molecule has 0 bridgehead atoms. The van der Waals surface area contributed by atoms with Crippen LogP contribution in [-0.4, -0.2) is 26.8 Å². The summed E-state index contributed by atoms with van der Waals surface area (Å²) in [5.74, 6) is -0.0644. The van der Waals surface area contributed by atoms with Crippen molar-refractivity contribution in [2.75, 3.05) is 5.32 Å². The van der Waals surface area contributed by atoms with E-state index in [2.05, 4.69) is 31.3 Å². The van der Waals surface area contributed by atoms with Crippen molar-refractivity contribution in [2.24, 2.45) is 0 Å². The lowest BCUT2D eigenvalue weighted by atomic mass is 10.3. The molecule has 0 saturated carbocycles. The molecule has 1 N–H and O–H groups in total. The first kappa shape index (κ1) is 12.2. The highest BCUT2D eigenvalue weighted by atomic mass is 79.9. The van der Waals surface area contributed by atoms with Gasteiger partial charge in [0.05, 0.1) is 11.7 Å². The fourth-order valence-electron chi connectivity index (χ4n) is 1.21. The van der Waals surface area contributed by atoms with Crippen molar-refractivity contribution < 1.29 is 13.2 Å². The van der Waals surface area contributed by atoms with Crippen LogP contribution in [0.4, 0.5) is 19.1 Å². The SMILES string of the molecule is C[C@@H](Nc1ncc2c(Br)ccn2n1)C(F)(F)F. The third-order valence-electron chi connectivity index (χ3n) is 2.20. The molecule has 0 aliphatic carbocycles. The number of alkyl halides is 3. The number of anilines is 1. The van der Waals surface area contributed by atoms with Gasteiger partial charge in [-0.15, -0.1) is 5.10 Å². The predicted octanol–water partition coefficient (Wildman–Crippen LogP) is 2.85. The van der Waals surface area contributed by atoms with Gasteiger partial charge in [-0.3, -0.25) is 0 Å². The predicted molar refractivity (Wildman–Crippen MR) is 59.8 cm³/mol. The molecule has 1 atom stereocenters. The minimum atomic E-state index is -4.32. The molecule has 2 aromatic heterocycles. The van der Waals surface area contributed by atoms with E-state index >= 15 is 0 Å². The number of nitrogens with one attached hydrogen (secondary N) is 1. The van der Waals surface area contributed by atoms with E-state index in [1.807, 2.05) is 0 Å². The zero-order valence-corrected chi connectivity index (χ0v) is 10.2. The van der Waals surface area contributed by atoms with E-state index < -0.39 is 12.2 Å². The number of halogens is 4. The van der Waals surface area contributed by atoms with Crippen molar-refractivity contribution in [1.29, 1.82) is 0 Å². The highest BCUT2D eigenvalue weighted by Gasteiger charge is 2.36. The van der Waals surface area contributed by atoms with E-state index in [9.17, 15) is 13.2 Å². The van der Waals surface area contributed by atoms with Gasteiger partial charge in [-0.2, -0.15) is 13.2 Å². The summed E-state index contributed by atoms with van der Waals surface area (Å²) in [6.07, 6.45) is -1.25. The number of hydrogen-bond donors (Lipinski definition) is 1. The van der Waals surface area contributed by atoms with E-state index in [0.29, 0.717) is 5.52 Å². The number of fused-ring (bicyclic) bond motifs is 1. The zero-order valence-electron chi connectivity index (χ0n) is 8.66. The minimum absolute atomic E-state index is 0.0644. The first-order valence-corrected chi connectivity index (χ1v) is 5.50. The van der Waals surface area contributed by atoms with Crippen LogP contribution in [0.1, 0.15) is 6.92 Å². The Morgan fingerprint density at radius 3 is 2.82 bits per heavy atom. The second-order valence-corrected chi connectivity index (χ2v) is 4.34. The molecule has 2 rings (SSSR count). The Labute approximate surface area is 103 Å². The van der Waals surface area contributed by atoms with Crippen LogP contribution >= 0.6 is 15.9 Å². The third-order valence-corrected chi connectivity index (χ3v) is 2.87. The molecule has 2 aromatic rings. The average Bonchev–Trinajstić information content (AvgIpc) is 2.59. The maximum absolute atomic E-state index is 12.3. The number of hydrogen-bond acceptors (Lipinski definition) is 3. The van der Waals surface area contributed by atoms with Gasteiger partial charge in [0, 0.05) is 10.7 Å². The van der Waals surface area contributed by atoms with E-state index in [1.165, 1.54) is 10.7 Å². The first-order valence-electron chi connectivity index (χ1n) is 4.71. The second-order valence-electron chi connectivity index (χ2n) is 3.48. The molecule has 0 radical (unpaired) electrons. The molecule has 4 nitrogen and oxygen atoms in total. The Bertz CT molecular complexity index is 537. The van der Waals surface area contributed by atoms with Gasteiger partial charge >= 0.3 is 6.18 Å². The van der Waals surface area contributed by atoms with Crippen LogP contribution in [0.3, 0.4) is 0 Å². The number of nitrogens with zero attached hydrogens (tertiary/aromatic N) is 3. The topological polar surface area (TPSA) is 42.2 Å². The van der Waals surface area contributed by atoms with Gasteiger partial charge in [-0.1, -0.05) is 0 Å². The standard InChI is InChI=1S/C9H8BrF3N4/c1-5(9(11,12)13)15-8-14-4-7-6(10)2-3-17(7)16-8/h2-5H,1H3,(H,15,16)/t5-/m1/s1. The van der Waals surface area contributed by atoms with Crippen LogP contribution in [0.5, 0.6) is 0 Å². The quantitative estimate of drug-likeness (QED) is 0.927. The van der Waals surface area contributed by atoms with Gasteiger partial charge in [-0.25, -0.2) is 9.50 Å². The molecule has 2 heterocycles. The summed E-state index contributed by atoms with van der Waals surface area (Å²) in [5.41, 5.74) is 0.690. The van der Waals surface area contributed by atoms with Gasteiger partial charge in [0.15, 0.2) is 0 Å². The van der Waals surface area contributed by atoms with E-state index in [1.54, 1.807) is 12.3 Å². The summed E-state index contributed by atoms with van der Waals surface area (Å²) in [6.45, 7) is 1.01. The molecular formula is C9H8BrF3N4. The summed E-state index contributed by atoms with van der Waals surface area (Å²) in [4.78, 5) is 3.82. The lowest BCUT2D eigenvalue weighted by Crippen LogP contribution is -2.33. The molecule has 8 heteroatoms. The molecule has 0 aliphatic heterocycles. The van der Waals surface area contributed by atoms with Gasteiger partial charge in [0.25, 0.3) is 0 Å². The number of aromatic nitrogens is 3. The lowest BCUT2D eigenvalue weighted by Gasteiger charge is -2.16. The Hall–Kier alpha value is -1.31. The largest absolute Gasteiger partial charge is 0.408 e. The van der Waals surface area contributed by atoms with Crippen molar-refractivity contribution in [3.05, 3.63) is 22.9 Å². The molecule has 17 heavy (non-hydrogen) atoms. The summed E-state index contributed by atoms with van der Waals surface area (Å²) < 4.78 is 39.2. The van der Waals surface area contributed by atoms with Crippen molar-refractivity contribution in [3.63, 3.8) is 0 Å². The lowest BCUT2D eigenvalue weighted by molar-refractivity contribution is -0.138. The van der Waals surface area contributed by atoms with Crippen molar-refractivity contribution in [2.45, 2.75) is 19.1 Å². The van der Waals surface area contributed by atoms with Crippen LogP contribution in [0, 0.1) is 0 Å². The third kappa shape index (κ3) is 2.51. The molecule has 0 fully saturated rings. The zero-order chi connectivity index (χ0) is 12.6. The Balaban J connectivity index is 2.25. The van der Waals surface area contributed by atoms with E-state index in [4.69, 9.17) is 0 Å². The first-order chi connectivity index (χ1) is 7.88. The highest BCUT2D eigenvalue weighted by Crippen LogP contribution is 2.22. The molecular weight excluding hydrogens is 301 g/mol. The Kier molecular flexibility index (Phi) is 2.98. The maximum atomic E-state index is 12.3. The Morgan fingerprint density at radius 1 is 1.47 bits per heavy atom. The maximum Gasteiger partial charge on any atom is 0.408 e. The molecule has 0 aliphatic rings.